The zero-order valence-corrected chi connectivity index (χ0v) is 17.2. The number of nitrogens with zero attached hydrogens (tertiary/aromatic N) is 6. The molecule has 3 aromatic rings. The molecule has 0 radical (unpaired) electrons. The van der Waals surface area contributed by atoms with Gasteiger partial charge in [-0.2, -0.15) is 0 Å². The number of hydrogen-bond acceptors (Lipinski definition) is 6. The van der Waals surface area contributed by atoms with E-state index in [1.165, 1.54) is 12.1 Å². The first kappa shape index (κ1) is 18.7. The van der Waals surface area contributed by atoms with Crippen molar-refractivity contribution in [2.75, 3.05) is 29.1 Å². The summed E-state index contributed by atoms with van der Waals surface area (Å²) >= 11 is 0. The van der Waals surface area contributed by atoms with Crippen LogP contribution in [0.1, 0.15) is 18.9 Å². The van der Waals surface area contributed by atoms with Crippen LogP contribution in [0.25, 0.3) is 11.5 Å². The Morgan fingerprint density at radius 3 is 2.43 bits per heavy atom. The fraction of sp³-hybridized carbons (Fsp3) is 0.300. The zero-order chi connectivity index (χ0) is 20.9. The van der Waals surface area contributed by atoms with Crippen molar-refractivity contribution in [1.82, 2.24) is 19.7 Å². The second-order valence-corrected chi connectivity index (χ2v) is 9.54. The van der Waals surface area contributed by atoms with Crippen molar-refractivity contribution >= 4 is 27.4 Å². The molecule has 3 heterocycles. The molecule has 1 aromatic carbocycles. The van der Waals surface area contributed by atoms with E-state index in [0.717, 1.165) is 19.1 Å². The number of pyridine rings is 1. The molecule has 2 aliphatic rings. The van der Waals surface area contributed by atoms with Crippen molar-refractivity contribution in [2.45, 2.75) is 23.8 Å². The fourth-order valence-corrected chi connectivity index (χ4v) is 4.24. The third kappa shape index (κ3) is 3.32. The first-order chi connectivity index (χ1) is 14.4. The Labute approximate surface area is 173 Å². The van der Waals surface area contributed by atoms with Gasteiger partial charge >= 0.3 is 6.03 Å². The van der Waals surface area contributed by atoms with Gasteiger partial charge in [-0.25, -0.2) is 18.2 Å². The first-order valence-corrected chi connectivity index (χ1v) is 11.6. The molecule has 0 atom stereocenters. The van der Waals surface area contributed by atoms with Crippen LogP contribution in [0, 0.1) is 0 Å². The highest BCUT2D eigenvalue weighted by atomic mass is 32.2. The maximum atomic E-state index is 13.0. The summed E-state index contributed by atoms with van der Waals surface area (Å²) in [6.45, 7) is 0.972. The Kier molecular flexibility index (Phi) is 4.31. The minimum atomic E-state index is -3.28. The third-order valence-electron chi connectivity index (χ3n) is 5.34. The van der Waals surface area contributed by atoms with Crippen LogP contribution in [0.4, 0.5) is 16.3 Å². The predicted molar refractivity (Wildman–Crippen MR) is 111 cm³/mol. The molecule has 2 fully saturated rings. The van der Waals surface area contributed by atoms with E-state index in [1.54, 1.807) is 34.3 Å². The summed E-state index contributed by atoms with van der Waals surface area (Å²) in [5, 5.41) is 8.23. The molecule has 0 bridgehead atoms. The number of sulfone groups is 1. The Bertz CT molecular complexity index is 1220. The summed E-state index contributed by atoms with van der Waals surface area (Å²) in [4.78, 5) is 21.2. The molecule has 2 aromatic heterocycles. The van der Waals surface area contributed by atoms with Crippen LogP contribution in [0.3, 0.4) is 0 Å². The number of benzene rings is 1. The monoisotopic (exact) mass is 424 g/mol. The number of aromatic nitrogens is 4. The number of urea groups is 1. The van der Waals surface area contributed by atoms with Crippen LogP contribution in [0.5, 0.6) is 0 Å². The van der Waals surface area contributed by atoms with E-state index in [2.05, 4.69) is 15.2 Å². The van der Waals surface area contributed by atoms with Crippen molar-refractivity contribution in [3.8, 4) is 11.5 Å². The molecule has 0 N–H and O–H groups in total. The van der Waals surface area contributed by atoms with Crippen molar-refractivity contribution in [3.63, 3.8) is 0 Å². The number of rotatable bonds is 5. The molecule has 1 aliphatic heterocycles. The highest BCUT2D eigenvalue weighted by Crippen LogP contribution is 2.37. The lowest BCUT2D eigenvalue weighted by Gasteiger charge is -2.18. The molecule has 9 nitrogen and oxygen atoms in total. The van der Waals surface area contributed by atoms with Crippen LogP contribution >= 0.6 is 0 Å². The lowest BCUT2D eigenvalue weighted by atomic mass is 10.3. The van der Waals surface area contributed by atoms with Crippen LogP contribution in [-0.2, 0) is 9.84 Å². The number of amides is 2. The van der Waals surface area contributed by atoms with Crippen LogP contribution < -0.4 is 9.80 Å². The van der Waals surface area contributed by atoms with E-state index in [4.69, 9.17) is 0 Å². The lowest BCUT2D eigenvalue weighted by Crippen LogP contribution is -2.32. The standard InChI is InChI=1S/C20H20N6O3S/c1-30(28,29)16-9-7-14(8-10-16)24-11-12-25(20(24)27)18-4-2-3-17(22-18)19-23-21-13-26(19)15-5-6-15/h2-4,7-10,13,15H,5-6,11-12H2,1H3. The van der Waals surface area contributed by atoms with Gasteiger partial charge in [0.05, 0.1) is 4.90 Å². The average Bonchev–Trinajstić information content (AvgIpc) is 3.33. The van der Waals surface area contributed by atoms with E-state index in [1.807, 2.05) is 16.7 Å². The zero-order valence-electron chi connectivity index (χ0n) is 16.3. The van der Waals surface area contributed by atoms with Gasteiger partial charge in [-0.1, -0.05) is 6.07 Å². The third-order valence-corrected chi connectivity index (χ3v) is 6.47. The van der Waals surface area contributed by atoms with Gasteiger partial charge in [0.2, 0.25) is 0 Å². The number of hydrogen-bond donors (Lipinski definition) is 0. The molecule has 1 aliphatic carbocycles. The number of carbonyl (C=O) groups excluding carboxylic acids is 1. The summed E-state index contributed by atoms with van der Waals surface area (Å²) in [5.74, 6) is 1.26. The van der Waals surface area contributed by atoms with Crippen LogP contribution in [0.2, 0.25) is 0 Å². The van der Waals surface area contributed by atoms with Gasteiger partial charge in [-0.15, -0.1) is 10.2 Å². The molecule has 0 unspecified atom stereocenters. The van der Waals surface area contributed by atoms with Gasteiger partial charge in [0.25, 0.3) is 0 Å². The summed E-state index contributed by atoms with van der Waals surface area (Å²) in [5.41, 5.74) is 1.33. The minimum absolute atomic E-state index is 0.199. The summed E-state index contributed by atoms with van der Waals surface area (Å²) < 4.78 is 25.4. The smallest absolute Gasteiger partial charge is 0.309 e. The SMILES string of the molecule is CS(=O)(=O)c1ccc(N2CCN(c3cccc(-c4nncn4C4CC4)n3)C2=O)cc1. The lowest BCUT2D eigenvalue weighted by molar-refractivity contribution is 0.255. The normalized spacial score (nSPS) is 17.0. The van der Waals surface area contributed by atoms with E-state index in [-0.39, 0.29) is 10.9 Å². The van der Waals surface area contributed by atoms with Crippen molar-refractivity contribution in [3.05, 3.63) is 48.8 Å². The van der Waals surface area contributed by atoms with Crippen molar-refractivity contribution in [2.24, 2.45) is 0 Å². The molecule has 0 spiro atoms. The van der Waals surface area contributed by atoms with Crippen molar-refractivity contribution in [1.29, 1.82) is 0 Å². The molecule has 1 saturated heterocycles. The van der Waals surface area contributed by atoms with Crippen LogP contribution in [0.15, 0.2) is 53.7 Å². The van der Waals surface area contributed by atoms with Crippen LogP contribution in [-0.4, -0.2) is 53.5 Å². The Morgan fingerprint density at radius 1 is 1.00 bits per heavy atom. The average molecular weight is 424 g/mol. The molecule has 10 heteroatoms. The van der Waals surface area contributed by atoms with Gasteiger partial charge in [-0.05, 0) is 49.2 Å². The highest BCUT2D eigenvalue weighted by molar-refractivity contribution is 7.90. The first-order valence-electron chi connectivity index (χ1n) is 9.68. The van der Waals surface area contributed by atoms with Gasteiger partial charge < -0.3 is 4.57 Å². The molecule has 1 saturated carbocycles. The Morgan fingerprint density at radius 2 is 1.73 bits per heavy atom. The largest absolute Gasteiger partial charge is 0.330 e. The molecule has 154 valence electrons. The van der Waals surface area contributed by atoms with E-state index in [0.29, 0.717) is 42.2 Å². The predicted octanol–water partition coefficient (Wildman–Crippen LogP) is 2.53. The number of carbonyl (C=O) groups is 1. The molecule has 30 heavy (non-hydrogen) atoms. The Balaban J connectivity index is 1.40. The maximum absolute atomic E-state index is 13.0. The van der Waals surface area contributed by atoms with E-state index in [9.17, 15) is 13.2 Å². The van der Waals surface area contributed by atoms with Crippen molar-refractivity contribution < 1.29 is 13.2 Å². The van der Waals surface area contributed by atoms with E-state index < -0.39 is 9.84 Å². The molecule has 2 amide bonds. The topological polar surface area (TPSA) is 101 Å². The molecular formula is C20H20N6O3S. The van der Waals surface area contributed by atoms with E-state index >= 15 is 0 Å². The quantitative estimate of drug-likeness (QED) is 0.624. The maximum Gasteiger partial charge on any atom is 0.330 e. The second-order valence-electron chi connectivity index (χ2n) is 7.53. The van der Waals surface area contributed by atoms with Gasteiger partial charge in [0.1, 0.15) is 17.8 Å². The fourth-order valence-electron chi connectivity index (χ4n) is 3.61. The summed E-state index contributed by atoms with van der Waals surface area (Å²) in [7, 11) is -3.28. The van der Waals surface area contributed by atoms with Gasteiger partial charge in [0, 0.05) is 31.1 Å². The second kappa shape index (κ2) is 6.91. The summed E-state index contributed by atoms with van der Waals surface area (Å²) in [6.07, 6.45) is 5.11. The molecule has 5 rings (SSSR count). The Hall–Kier alpha value is -3.27. The molecular weight excluding hydrogens is 404 g/mol. The number of anilines is 2. The van der Waals surface area contributed by atoms with Gasteiger partial charge in [0.15, 0.2) is 15.7 Å². The summed E-state index contributed by atoms with van der Waals surface area (Å²) in [6, 6.07) is 12.1. The highest BCUT2D eigenvalue weighted by Gasteiger charge is 2.32. The minimum Gasteiger partial charge on any atom is -0.309 e. The van der Waals surface area contributed by atoms with Gasteiger partial charge in [-0.3, -0.25) is 9.80 Å².